The van der Waals surface area contributed by atoms with Crippen molar-refractivity contribution in [2.45, 2.75) is 37.0 Å². The Morgan fingerprint density at radius 1 is 1.27 bits per heavy atom. The van der Waals surface area contributed by atoms with Crippen LogP contribution < -0.4 is 10.9 Å². The van der Waals surface area contributed by atoms with Crippen molar-refractivity contribution in [3.8, 4) is 0 Å². The van der Waals surface area contributed by atoms with E-state index in [-0.39, 0.29) is 17.5 Å². The number of benzene rings is 1. The topological polar surface area (TPSA) is 62.0 Å². The molecular formula is C17H20N2O2S. The molecule has 1 aromatic heterocycles. The number of fused-ring (bicyclic) bond motifs is 1. The Morgan fingerprint density at radius 3 is 2.86 bits per heavy atom. The van der Waals surface area contributed by atoms with Gasteiger partial charge in [0.15, 0.2) is 0 Å². The van der Waals surface area contributed by atoms with Crippen LogP contribution >= 0.6 is 11.8 Å². The molecule has 1 heterocycles. The summed E-state index contributed by atoms with van der Waals surface area (Å²) in [7, 11) is 0. The highest BCUT2D eigenvalue weighted by Gasteiger charge is 2.26. The fourth-order valence-electron chi connectivity index (χ4n) is 3.12. The van der Waals surface area contributed by atoms with Crippen molar-refractivity contribution in [1.29, 1.82) is 0 Å². The van der Waals surface area contributed by atoms with Gasteiger partial charge in [0.05, 0.1) is 0 Å². The molecule has 1 amide bonds. The van der Waals surface area contributed by atoms with Gasteiger partial charge >= 0.3 is 0 Å². The van der Waals surface area contributed by atoms with Crippen molar-refractivity contribution in [3.63, 3.8) is 0 Å². The minimum atomic E-state index is -0.215. The molecule has 2 aromatic rings. The van der Waals surface area contributed by atoms with E-state index in [1.165, 1.54) is 6.42 Å². The van der Waals surface area contributed by atoms with Gasteiger partial charge in [-0.1, -0.05) is 31.0 Å². The number of aromatic nitrogens is 1. The van der Waals surface area contributed by atoms with Crippen molar-refractivity contribution in [2.75, 3.05) is 6.26 Å². The highest BCUT2D eigenvalue weighted by Crippen LogP contribution is 2.27. The van der Waals surface area contributed by atoms with E-state index >= 15 is 0 Å². The number of H-pyrrole nitrogens is 1. The molecule has 0 unspecified atom stereocenters. The molecule has 5 heteroatoms. The summed E-state index contributed by atoms with van der Waals surface area (Å²) in [6.07, 6.45) is 6.61. The second kappa shape index (κ2) is 6.57. The summed E-state index contributed by atoms with van der Waals surface area (Å²) in [4.78, 5) is 27.3. The maximum atomic E-state index is 12.5. The lowest BCUT2D eigenvalue weighted by Gasteiger charge is -2.30. The van der Waals surface area contributed by atoms with Gasteiger partial charge in [-0.05, 0) is 36.6 Å². The van der Waals surface area contributed by atoms with Gasteiger partial charge in [-0.3, -0.25) is 9.59 Å². The highest BCUT2D eigenvalue weighted by molar-refractivity contribution is 7.99. The predicted octanol–water partition coefficient (Wildman–Crippen LogP) is 2.93. The zero-order valence-corrected chi connectivity index (χ0v) is 13.4. The number of rotatable bonds is 3. The molecule has 0 radical (unpaired) electrons. The molecule has 4 nitrogen and oxygen atoms in total. The van der Waals surface area contributed by atoms with Crippen LogP contribution in [0.3, 0.4) is 0 Å². The lowest BCUT2D eigenvalue weighted by molar-refractivity contribution is 0.0924. The monoisotopic (exact) mass is 316 g/mol. The highest BCUT2D eigenvalue weighted by atomic mass is 32.2. The fraction of sp³-hybridized carbons (Fsp3) is 0.412. The maximum absolute atomic E-state index is 12.5. The van der Waals surface area contributed by atoms with Gasteiger partial charge in [-0.2, -0.15) is 11.8 Å². The Bertz CT molecular complexity index is 741. The minimum Gasteiger partial charge on any atom is -0.347 e. The van der Waals surface area contributed by atoms with E-state index in [1.807, 2.05) is 30.0 Å². The van der Waals surface area contributed by atoms with Crippen LogP contribution in [0.25, 0.3) is 10.8 Å². The first-order valence-corrected chi connectivity index (χ1v) is 8.93. The molecule has 1 aliphatic carbocycles. The van der Waals surface area contributed by atoms with Crippen LogP contribution in [-0.4, -0.2) is 28.4 Å². The van der Waals surface area contributed by atoms with E-state index in [2.05, 4.69) is 16.6 Å². The van der Waals surface area contributed by atoms with Gasteiger partial charge < -0.3 is 10.3 Å². The number of amides is 1. The molecule has 0 aliphatic heterocycles. The van der Waals surface area contributed by atoms with Gasteiger partial charge in [-0.15, -0.1) is 0 Å². The van der Waals surface area contributed by atoms with Crippen molar-refractivity contribution in [1.82, 2.24) is 10.3 Å². The Balaban J connectivity index is 1.84. The van der Waals surface area contributed by atoms with E-state index < -0.39 is 0 Å². The molecular weight excluding hydrogens is 296 g/mol. The third kappa shape index (κ3) is 3.04. The standard InChI is InChI=1S/C17H20N2O2S/c1-22-15-9-5-4-8-13(15)18-17(21)14-10-11-6-2-3-7-12(11)16(20)19-14/h2-3,6-7,10,13,15H,4-5,8-9H2,1H3,(H,18,21)(H,19,20)/t13-,15-/m0/s1. The van der Waals surface area contributed by atoms with Crippen LogP contribution in [0, 0.1) is 0 Å². The van der Waals surface area contributed by atoms with Crippen molar-refractivity contribution < 1.29 is 4.79 Å². The average molecular weight is 316 g/mol. The molecule has 0 spiro atoms. The van der Waals surface area contributed by atoms with Gasteiger partial charge in [0, 0.05) is 16.7 Å². The first-order valence-electron chi connectivity index (χ1n) is 7.65. The number of carbonyl (C=O) groups is 1. The van der Waals surface area contributed by atoms with Gasteiger partial charge in [0.25, 0.3) is 11.5 Å². The Kier molecular flexibility index (Phi) is 4.52. The van der Waals surface area contributed by atoms with Crippen LogP contribution in [0.4, 0.5) is 0 Å². The zero-order valence-electron chi connectivity index (χ0n) is 12.6. The van der Waals surface area contributed by atoms with Crippen LogP contribution in [0.15, 0.2) is 35.1 Å². The number of hydrogen-bond donors (Lipinski definition) is 2. The lowest BCUT2D eigenvalue weighted by atomic mass is 9.94. The molecule has 0 saturated heterocycles. The SMILES string of the molecule is CS[C@H]1CCCC[C@@H]1NC(=O)c1cc2ccccc2c(=O)[nH]1. The molecule has 0 bridgehead atoms. The fourth-order valence-corrected chi connectivity index (χ4v) is 4.06. The Hall–Kier alpha value is -1.75. The van der Waals surface area contributed by atoms with Crippen LogP contribution in [-0.2, 0) is 0 Å². The van der Waals surface area contributed by atoms with E-state index in [0.29, 0.717) is 16.3 Å². The van der Waals surface area contributed by atoms with Gasteiger partial charge in [0.2, 0.25) is 0 Å². The Morgan fingerprint density at radius 2 is 2.05 bits per heavy atom. The largest absolute Gasteiger partial charge is 0.347 e. The second-order valence-corrected chi connectivity index (χ2v) is 6.81. The zero-order chi connectivity index (χ0) is 15.5. The number of nitrogens with one attached hydrogen (secondary N) is 2. The molecule has 116 valence electrons. The summed E-state index contributed by atoms with van der Waals surface area (Å²) in [6.45, 7) is 0. The first-order chi connectivity index (χ1) is 10.7. The third-order valence-corrected chi connectivity index (χ3v) is 5.49. The summed E-state index contributed by atoms with van der Waals surface area (Å²) in [5.74, 6) is -0.186. The van der Waals surface area contributed by atoms with Crippen LogP contribution in [0.2, 0.25) is 0 Å². The average Bonchev–Trinajstić information content (AvgIpc) is 2.55. The number of thioether (sulfide) groups is 1. The normalized spacial score (nSPS) is 21.7. The van der Waals surface area contributed by atoms with E-state index in [4.69, 9.17) is 0 Å². The molecule has 1 aromatic carbocycles. The molecule has 2 N–H and O–H groups in total. The van der Waals surface area contributed by atoms with Gasteiger partial charge in [-0.25, -0.2) is 0 Å². The molecule has 1 saturated carbocycles. The van der Waals surface area contributed by atoms with E-state index in [1.54, 1.807) is 12.1 Å². The summed E-state index contributed by atoms with van der Waals surface area (Å²) < 4.78 is 0. The van der Waals surface area contributed by atoms with E-state index in [0.717, 1.165) is 24.6 Å². The Labute approximate surface area is 133 Å². The smallest absolute Gasteiger partial charge is 0.268 e. The summed E-state index contributed by atoms with van der Waals surface area (Å²) in [6, 6.07) is 9.25. The maximum Gasteiger partial charge on any atom is 0.268 e. The number of hydrogen-bond acceptors (Lipinski definition) is 3. The van der Waals surface area contributed by atoms with Crippen molar-refractivity contribution in [2.24, 2.45) is 0 Å². The first kappa shape index (κ1) is 15.2. The summed E-state index contributed by atoms with van der Waals surface area (Å²) >= 11 is 1.81. The minimum absolute atomic E-state index is 0.186. The molecule has 2 atom stereocenters. The van der Waals surface area contributed by atoms with Crippen molar-refractivity contribution in [3.05, 3.63) is 46.4 Å². The number of carbonyl (C=O) groups excluding carboxylic acids is 1. The lowest BCUT2D eigenvalue weighted by Crippen LogP contribution is -2.44. The number of pyridine rings is 1. The third-order valence-electron chi connectivity index (χ3n) is 4.32. The molecule has 1 aliphatic rings. The molecule has 22 heavy (non-hydrogen) atoms. The predicted molar refractivity (Wildman–Crippen MR) is 91.6 cm³/mol. The molecule has 1 fully saturated rings. The summed E-state index contributed by atoms with van der Waals surface area (Å²) in [5.41, 5.74) is 0.127. The number of aromatic amines is 1. The summed E-state index contributed by atoms with van der Waals surface area (Å²) in [5, 5.41) is 4.96. The van der Waals surface area contributed by atoms with E-state index in [9.17, 15) is 9.59 Å². The van der Waals surface area contributed by atoms with Crippen molar-refractivity contribution >= 4 is 28.4 Å². The quantitative estimate of drug-likeness (QED) is 0.915. The van der Waals surface area contributed by atoms with Crippen LogP contribution in [0.1, 0.15) is 36.2 Å². The second-order valence-electron chi connectivity index (χ2n) is 5.74. The van der Waals surface area contributed by atoms with Gasteiger partial charge in [0.1, 0.15) is 5.69 Å². The van der Waals surface area contributed by atoms with Crippen LogP contribution in [0.5, 0.6) is 0 Å². The molecule has 3 rings (SSSR count).